The Labute approximate surface area is 87.7 Å². The van der Waals surface area contributed by atoms with Crippen molar-refractivity contribution in [1.29, 1.82) is 0 Å². The number of carboxylic acid groups (broad SMARTS) is 1. The highest BCUT2D eigenvalue weighted by atomic mass is 16.5. The summed E-state index contributed by atoms with van der Waals surface area (Å²) >= 11 is 0. The quantitative estimate of drug-likeness (QED) is 0.753. The van der Waals surface area contributed by atoms with Crippen LogP contribution in [-0.2, 0) is 12.8 Å². The lowest BCUT2D eigenvalue weighted by Gasteiger charge is -2.07. The summed E-state index contributed by atoms with van der Waals surface area (Å²) in [5, 5.41) is 9.06. The molecule has 0 fully saturated rings. The molecule has 1 aromatic carbocycles. The first-order valence-electron chi connectivity index (χ1n) is 4.80. The van der Waals surface area contributed by atoms with Crippen LogP contribution in [0.1, 0.15) is 21.5 Å². The van der Waals surface area contributed by atoms with Gasteiger partial charge in [-0.05, 0) is 36.1 Å². The van der Waals surface area contributed by atoms with Crippen LogP contribution in [0.15, 0.2) is 12.1 Å². The number of carbonyl (C=O) groups is 1. The molecular formula is C11H13NO3. The van der Waals surface area contributed by atoms with E-state index in [-0.39, 0.29) is 6.04 Å². The zero-order valence-electron chi connectivity index (χ0n) is 8.49. The van der Waals surface area contributed by atoms with E-state index in [2.05, 4.69) is 0 Å². The van der Waals surface area contributed by atoms with Gasteiger partial charge in [0.1, 0.15) is 5.75 Å². The minimum Gasteiger partial charge on any atom is -0.497 e. The summed E-state index contributed by atoms with van der Waals surface area (Å²) in [6.07, 6.45) is 1.37. The molecule has 0 radical (unpaired) electrons. The third kappa shape index (κ3) is 1.68. The first kappa shape index (κ1) is 9.98. The highest BCUT2D eigenvalue weighted by molar-refractivity contribution is 5.90. The number of nitrogens with two attached hydrogens (primary N) is 1. The summed E-state index contributed by atoms with van der Waals surface area (Å²) in [7, 11) is 1.53. The van der Waals surface area contributed by atoms with Crippen molar-refractivity contribution in [3.05, 3.63) is 28.8 Å². The predicted octanol–water partition coefficient (Wildman–Crippen LogP) is 0.819. The first-order chi connectivity index (χ1) is 7.11. The Morgan fingerprint density at radius 1 is 1.53 bits per heavy atom. The fourth-order valence-electron chi connectivity index (χ4n) is 2.05. The molecule has 0 saturated carbocycles. The third-order valence-corrected chi connectivity index (χ3v) is 2.73. The average Bonchev–Trinajstić information content (AvgIpc) is 2.55. The largest absolute Gasteiger partial charge is 0.497 e. The third-order valence-electron chi connectivity index (χ3n) is 2.73. The summed E-state index contributed by atoms with van der Waals surface area (Å²) in [4.78, 5) is 11.0. The molecule has 0 saturated heterocycles. The average molecular weight is 207 g/mol. The van der Waals surface area contributed by atoms with Crippen LogP contribution in [0.25, 0.3) is 0 Å². The summed E-state index contributed by atoms with van der Waals surface area (Å²) < 4.78 is 5.06. The van der Waals surface area contributed by atoms with Gasteiger partial charge in [0, 0.05) is 6.04 Å². The van der Waals surface area contributed by atoms with Crippen molar-refractivity contribution < 1.29 is 14.6 Å². The number of fused-ring (bicyclic) bond motifs is 1. The number of benzene rings is 1. The number of methoxy groups -OCH3 is 1. The second-order valence-corrected chi connectivity index (χ2v) is 3.79. The molecule has 0 heterocycles. The lowest BCUT2D eigenvalue weighted by molar-refractivity contribution is 0.0695. The molecule has 4 heteroatoms. The molecule has 2 rings (SSSR count). The molecule has 3 N–H and O–H groups in total. The highest BCUT2D eigenvalue weighted by Gasteiger charge is 2.24. The van der Waals surface area contributed by atoms with Gasteiger partial charge >= 0.3 is 5.97 Å². The number of rotatable bonds is 2. The Hall–Kier alpha value is -1.55. The number of carboxylic acids is 1. The molecule has 0 bridgehead atoms. The van der Waals surface area contributed by atoms with E-state index in [1.54, 1.807) is 6.07 Å². The maximum Gasteiger partial charge on any atom is 0.336 e. The van der Waals surface area contributed by atoms with Crippen LogP contribution in [0.5, 0.6) is 5.75 Å². The Bertz CT molecular complexity index is 415. The summed E-state index contributed by atoms with van der Waals surface area (Å²) in [6.45, 7) is 0. The molecule has 1 atom stereocenters. The molecule has 4 nitrogen and oxygen atoms in total. The standard InChI is InChI=1S/C11H13NO3/c1-15-8-3-6-2-7(12)4-9(6)10(5-8)11(13)14/h3,5,7H,2,4,12H2,1H3,(H,13,14). The van der Waals surface area contributed by atoms with E-state index in [1.807, 2.05) is 6.07 Å². The van der Waals surface area contributed by atoms with Gasteiger partial charge in [-0.1, -0.05) is 0 Å². The van der Waals surface area contributed by atoms with Crippen molar-refractivity contribution in [2.75, 3.05) is 7.11 Å². The normalized spacial score (nSPS) is 18.7. The fraction of sp³-hybridized carbons (Fsp3) is 0.364. The molecule has 80 valence electrons. The fourth-order valence-corrected chi connectivity index (χ4v) is 2.05. The molecule has 1 aromatic rings. The van der Waals surface area contributed by atoms with E-state index in [4.69, 9.17) is 15.6 Å². The Morgan fingerprint density at radius 2 is 2.27 bits per heavy atom. The number of hydrogen-bond acceptors (Lipinski definition) is 3. The lowest BCUT2D eigenvalue weighted by atomic mass is 10.0. The van der Waals surface area contributed by atoms with Crippen LogP contribution in [0.2, 0.25) is 0 Å². The predicted molar refractivity (Wildman–Crippen MR) is 55.3 cm³/mol. The van der Waals surface area contributed by atoms with Crippen LogP contribution < -0.4 is 10.5 Å². The van der Waals surface area contributed by atoms with Crippen molar-refractivity contribution in [1.82, 2.24) is 0 Å². The lowest BCUT2D eigenvalue weighted by Crippen LogP contribution is -2.19. The number of aromatic carboxylic acids is 1. The molecule has 15 heavy (non-hydrogen) atoms. The molecular weight excluding hydrogens is 194 g/mol. The zero-order chi connectivity index (χ0) is 11.0. The van der Waals surface area contributed by atoms with E-state index in [9.17, 15) is 4.79 Å². The minimum atomic E-state index is -0.917. The van der Waals surface area contributed by atoms with Crippen molar-refractivity contribution >= 4 is 5.97 Å². The monoisotopic (exact) mass is 207 g/mol. The molecule has 0 aromatic heterocycles. The molecule has 0 amide bonds. The van der Waals surface area contributed by atoms with Gasteiger partial charge in [0.25, 0.3) is 0 Å². The van der Waals surface area contributed by atoms with E-state index in [0.717, 1.165) is 17.5 Å². The maximum atomic E-state index is 11.0. The second kappa shape index (κ2) is 3.55. The Balaban J connectivity index is 2.55. The van der Waals surface area contributed by atoms with Gasteiger partial charge < -0.3 is 15.6 Å². The molecule has 1 aliphatic carbocycles. The van der Waals surface area contributed by atoms with Gasteiger partial charge in [0.15, 0.2) is 0 Å². The van der Waals surface area contributed by atoms with E-state index >= 15 is 0 Å². The van der Waals surface area contributed by atoms with Crippen molar-refractivity contribution in [3.8, 4) is 5.75 Å². The summed E-state index contributed by atoms with van der Waals surface area (Å²) in [5.74, 6) is -0.334. The second-order valence-electron chi connectivity index (χ2n) is 3.79. The van der Waals surface area contributed by atoms with E-state index < -0.39 is 5.97 Å². The maximum absolute atomic E-state index is 11.0. The molecule has 0 spiro atoms. The van der Waals surface area contributed by atoms with Gasteiger partial charge in [-0.3, -0.25) is 0 Å². The summed E-state index contributed by atoms with van der Waals surface area (Å²) in [6, 6.07) is 3.46. The SMILES string of the molecule is COc1cc2c(c(C(=O)O)c1)CC(N)C2. The van der Waals surface area contributed by atoms with E-state index in [0.29, 0.717) is 17.7 Å². The number of ether oxygens (including phenoxy) is 1. The van der Waals surface area contributed by atoms with Gasteiger partial charge in [-0.15, -0.1) is 0 Å². The van der Waals surface area contributed by atoms with Crippen molar-refractivity contribution in [3.63, 3.8) is 0 Å². The van der Waals surface area contributed by atoms with Crippen molar-refractivity contribution in [2.45, 2.75) is 18.9 Å². The van der Waals surface area contributed by atoms with Crippen LogP contribution in [0, 0.1) is 0 Å². The van der Waals surface area contributed by atoms with Gasteiger partial charge in [-0.25, -0.2) is 4.79 Å². The Kier molecular flexibility index (Phi) is 2.36. The Morgan fingerprint density at radius 3 is 2.87 bits per heavy atom. The van der Waals surface area contributed by atoms with Gasteiger partial charge in [-0.2, -0.15) is 0 Å². The van der Waals surface area contributed by atoms with Crippen LogP contribution in [0.3, 0.4) is 0 Å². The van der Waals surface area contributed by atoms with Crippen LogP contribution >= 0.6 is 0 Å². The van der Waals surface area contributed by atoms with E-state index in [1.165, 1.54) is 7.11 Å². The van der Waals surface area contributed by atoms with Crippen molar-refractivity contribution in [2.24, 2.45) is 5.73 Å². The topological polar surface area (TPSA) is 72.5 Å². The first-order valence-corrected chi connectivity index (χ1v) is 4.80. The van der Waals surface area contributed by atoms with Crippen LogP contribution in [0.4, 0.5) is 0 Å². The molecule has 1 aliphatic rings. The number of hydrogen-bond donors (Lipinski definition) is 2. The van der Waals surface area contributed by atoms with Crippen LogP contribution in [-0.4, -0.2) is 24.2 Å². The molecule has 0 aliphatic heterocycles. The summed E-state index contributed by atoms with van der Waals surface area (Å²) in [5.41, 5.74) is 7.99. The smallest absolute Gasteiger partial charge is 0.336 e. The zero-order valence-corrected chi connectivity index (χ0v) is 8.49. The van der Waals surface area contributed by atoms with Gasteiger partial charge in [0.05, 0.1) is 12.7 Å². The molecule has 1 unspecified atom stereocenters. The highest BCUT2D eigenvalue weighted by Crippen LogP contribution is 2.29. The van der Waals surface area contributed by atoms with Gasteiger partial charge in [0.2, 0.25) is 0 Å². The minimum absolute atomic E-state index is 0.0326.